The monoisotopic (exact) mass is 328 g/mol. The molecular formula is C14H20N2O3S2. The zero-order valence-corrected chi connectivity index (χ0v) is 13.8. The summed E-state index contributed by atoms with van der Waals surface area (Å²) in [5, 5.41) is 2.84. The third-order valence-corrected chi connectivity index (χ3v) is 6.45. The van der Waals surface area contributed by atoms with Gasteiger partial charge in [0.05, 0.1) is 22.8 Å². The molecule has 116 valence electrons. The number of nitrogens with two attached hydrogens (primary N) is 1. The van der Waals surface area contributed by atoms with E-state index >= 15 is 0 Å². The Labute approximate surface area is 129 Å². The van der Waals surface area contributed by atoms with Crippen LogP contribution in [0.1, 0.15) is 18.9 Å². The Morgan fingerprint density at radius 2 is 2.19 bits per heavy atom. The summed E-state index contributed by atoms with van der Waals surface area (Å²) in [5.41, 5.74) is 6.83. The lowest BCUT2D eigenvalue weighted by atomic mass is 10.0. The largest absolute Gasteiger partial charge is 0.399 e. The molecule has 1 amide bonds. The molecule has 1 aliphatic rings. The van der Waals surface area contributed by atoms with Crippen molar-refractivity contribution in [2.45, 2.75) is 30.7 Å². The van der Waals surface area contributed by atoms with E-state index in [4.69, 9.17) is 5.73 Å². The van der Waals surface area contributed by atoms with Crippen LogP contribution in [0, 0.1) is 6.92 Å². The van der Waals surface area contributed by atoms with E-state index in [2.05, 4.69) is 5.32 Å². The Balaban J connectivity index is 1.89. The average Bonchev–Trinajstić information content (AvgIpc) is 2.65. The lowest BCUT2D eigenvalue weighted by Crippen LogP contribution is -2.47. The van der Waals surface area contributed by atoms with Gasteiger partial charge in [0.15, 0.2) is 9.84 Å². The quantitative estimate of drug-likeness (QED) is 0.643. The number of nitrogen functional groups attached to an aromatic ring is 1. The van der Waals surface area contributed by atoms with E-state index in [1.807, 2.05) is 25.1 Å². The summed E-state index contributed by atoms with van der Waals surface area (Å²) in [7, 11) is -3.01. The van der Waals surface area contributed by atoms with Gasteiger partial charge in [0.2, 0.25) is 5.91 Å². The molecule has 1 heterocycles. The van der Waals surface area contributed by atoms with E-state index in [0.29, 0.717) is 6.42 Å². The number of carbonyl (C=O) groups is 1. The van der Waals surface area contributed by atoms with Gasteiger partial charge in [-0.25, -0.2) is 8.42 Å². The van der Waals surface area contributed by atoms with Crippen LogP contribution in [0.2, 0.25) is 0 Å². The summed E-state index contributed by atoms with van der Waals surface area (Å²) in [6.45, 7) is 3.71. The highest BCUT2D eigenvalue weighted by atomic mass is 32.2. The van der Waals surface area contributed by atoms with E-state index < -0.39 is 15.4 Å². The number of carbonyl (C=O) groups excluding carboxylic acids is 1. The van der Waals surface area contributed by atoms with E-state index in [-0.39, 0.29) is 23.2 Å². The molecule has 1 aromatic rings. The smallest absolute Gasteiger partial charge is 0.230 e. The van der Waals surface area contributed by atoms with E-state index in [1.54, 1.807) is 6.92 Å². The SMILES string of the molecule is Cc1cc(SCC(=O)NC2(C)CCS(=O)(=O)C2)ccc1N. The van der Waals surface area contributed by atoms with Gasteiger partial charge in [-0.2, -0.15) is 0 Å². The molecule has 1 fully saturated rings. The van der Waals surface area contributed by atoms with Crippen LogP contribution < -0.4 is 11.1 Å². The summed E-state index contributed by atoms with van der Waals surface area (Å²) in [6, 6.07) is 5.64. The van der Waals surface area contributed by atoms with Gasteiger partial charge in [-0.1, -0.05) is 0 Å². The Kier molecular flexibility index (Phi) is 4.53. The van der Waals surface area contributed by atoms with Crippen molar-refractivity contribution in [3.05, 3.63) is 23.8 Å². The van der Waals surface area contributed by atoms with E-state index in [1.165, 1.54) is 11.8 Å². The number of amides is 1. The number of rotatable bonds is 4. The van der Waals surface area contributed by atoms with Gasteiger partial charge >= 0.3 is 0 Å². The molecule has 21 heavy (non-hydrogen) atoms. The first-order chi connectivity index (χ1) is 9.69. The maximum atomic E-state index is 12.0. The van der Waals surface area contributed by atoms with Crippen molar-refractivity contribution in [1.29, 1.82) is 0 Å². The third kappa shape index (κ3) is 4.38. The minimum Gasteiger partial charge on any atom is -0.399 e. The van der Waals surface area contributed by atoms with Crippen LogP contribution in [-0.4, -0.2) is 37.1 Å². The number of sulfone groups is 1. The van der Waals surface area contributed by atoms with Gasteiger partial charge < -0.3 is 11.1 Å². The molecule has 0 radical (unpaired) electrons. The highest BCUT2D eigenvalue weighted by Crippen LogP contribution is 2.25. The predicted molar refractivity (Wildman–Crippen MR) is 86.1 cm³/mol. The minimum atomic E-state index is -3.01. The summed E-state index contributed by atoms with van der Waals surface area (Å²) in [4.78, 5) is 13.0. The third-order valence-electron chi connectivity index (χ3n) is 3.56. The Bertz CT molecular complexity index is 658. The highest BCUT2D eigenvalue weighted by Gasteiger charge is 2.39. The van der Waals surface area contributed by atoms with Crippen LogP contribution in [0.4, 0.5) is 5.69 Å². The van der Waals surface area contributed by atoms with Crippen molar-refractivity contribution in [3.63, 3.8) is 0 Å². The van der Waals surface area contributed by atoms with Crippen molar-refractivity contribution in [3.8, 4) is 0 Å². The number of hydrogen-bond acceptors (Lipinski definition) is 5. The zero-order valence-electron chi connectivity index (χ0n) is 12.2. The fourth-order valence-corrected chi connectivity index (χ4v) is 5.26. The van der Waals surface area contributed by atoms with Crippen molar-refractivity contribution >= 4 is 33.2 Å². The van der Waals surface area contributed by atoms with Crippen LogP contribution in [0.3, 0.4) is 0 Å². The maximum absolute atomic E-state index is 12.0. The van der Waals surface area contributed by atoms with Crippen molar-refractivity contribution in [2.75, 3.05) is 23.0 Å². The minimum absolute atomic E-state index is 0.0252. The van der Waals surface area contributed by atoms with Gasteiger partial charge in [-0.15, -0.1) is 11.8 Å². The van der Waals surface area contributed by atoms with Crippen LogP contribution in [0.15, 0.2) is 23.1 Å². The number of nitrogens with one attached hydrogen (secondary N) is 1. The van der Waals surface area contributed by atoms with Crippen LogP contribution in [0.25, 0.3) is 0 Å². The van der Waals surface area contributed by atoms with E-state index in [0.717, 1.165) is 16.1 Å². The molecule has 5 nitrogen and oxygen atoms in total. The maximum Gasteiger partial charge on any atom is 0.230 e. The summed E-state index contributed by atoms with van der Waals surface area (Å²) >= 11 is 1.42. The topological polar surface area (TPSA) is 89.3 Å². The molecule has 1 aromatic carbocycles. The van der Waals surface area contributed by atoms with Gasteiger partial charge in [0.25, 0.3) is 0 Å². The summed E-state index contributed by atoms with van der Waals surface area (Å²) < 4.78 is 23.0. The van der Waals surface area contributed by atoms with Crippen LogP contribution in [0.5, 0.6) is 0 Å². The van der Waals surface area contributed by atoms with Crippen LogP contribution >= 0.6 is 11.8 Å². The summed E-state index contributed by atoms with van der Waals surface area (Å²) in [6.07, 6.45) is 0.479. The average molecular weight is 328 g/mol. The molecule has 1 atom stereocenters. The molecule has 0 saturated carbocycles. The molecule has 0 bridgehead atoms. The molecule has 0 spiro atoms. The standard InChI is InChI=1S/C14H20N2O3S2/c1-10-7-11(3-4-12(10)15)20-8-13(17)16-14(2)5-6-21(18,19)9-14/h3-4,7H,5-6,8-9,15H2,1-2H3,(H,16,17). The second kappa shape index (κ2) is 5.88. The number of anilines is 1. The molecule has 7 heteroatoms. The zero-order chi connectivity index (χ0) is 15.7. The highest BCUT2D eigenvalue weighted by molar-refractivity contribution is 8.00. The van der Waals surface area contributed by atoms with Gasteiger partial charge in [-0.3, -0.25) is 4.79 Å². The molecule has 2 rings (SSSR count). The second-order valence-electron chi connectivity index (χ2n) is 5.76. The van der Waals surface area contributed by atoms with Gasteiger partial charge in [0.1, 0.15) is 0 Å². The molecule has 1 unspecified atom stereocenters. The normalized spacial score (nSPS) is 23.9. The van der Waals surface area contributed by atoms with E-state index in [9.17, 15) is 13.2 Å². The predicted octanol–water partition coefficient (Wildman–Crippen LogP) is 1.36. The van der Waals surface area contributed by atoms with Gasteiger partial charge in [-0.05, 0) is 44.0 Å². The van der Waals surface area contributed by atoms with Crippen molar-refractivity contribution in [2.24, 2.45) is 0 Å². The first-order valence-corrected chi connectivity index (χ1v) is 9.50. The molecule has 1 aliphatic heterocycles. The van der Waals surface area contributed by atoms with Crippen molar-refractivity contribution < 1.29 is 13.2 Å². The van der Waals surface area contributed by atoms with Crippen molar-refractivity contribution in [1.82, 2.24) is 5.32 Å². The Morgan fingerprint density at radius 1 is 1.48 bits per heavy atom. The fraction of sp³-hybridized carbons (Fsp3) is 0.500. The Morgan fingerprint density at radius 3 is 2.76 bits per heavy atom. The number of hydrogen-bond donors (Lipinski definition) is 2. The first kappa shape index (κ1) is 16.2. The lowest BCUT2D eigenvalue weighted by molar-refractivity contribution is -0.120. The first-order valence-electron chi connectivity index (χ1n) is 6.69. The van der Waals surface area contributed by atoms with Gasteiger partial charge in [0, 0.05) is 10.6 Å². The molecular weight excluding hydrogens is 308 g/mol. The summed E-state index contributed by atoms with van der Waals surface area (Å²) in [5.74, 6) is 0.291. The molecule has 1 saturated heterocycles. The lowest BCUT2D eigenvalue weighted by Gasteiger charge is -2.23. The molecule has 3 N–H and O–H groups in total. The number of aryl methyl sites for hydroxylation is 1. The Hall–Kier alpha value is -1.21. The molecule has 0 aromatic heterocycles. The second-order valence-corrected chi connectivity index (χ2v) is 8.99. The van der Waals surface area contributed by atoms with Crippen LogP contribution in [-0.2, 0) is 14.6 Å². The fourth-order valence-electron chi connectivity index (χ4n) is 2.37. The number of thioether (sulfide) groups is 1. The molecule has 0 aliphatic carbocycles. The number of benzene rings is 1.